The van der Waals surface area contributed by atoms with E-state index in [0.717, 1.165) is 52.0 Å². The molecule has 2 fully saturated rings. The predicted molar refractivity (Wildman–Crippen MR) is 89.9 cm³/mol. The number of hydrogen-bond acceptors (Lipinski definition) is 4. The first-order valence-corrected chi connectivity index (χ1v) is 9.59. The molecule has 3 nitrogen and oxygen atoms in total. The molecule has 3 rings (SSSR count). The van der Waals surface area contributed by atoms with Crippen LogP contribution in [-0.2, 0) is 9.47 Å². The van der Waals surface area contributed by atoms with E-state index in [2.05, 4.69) is 39.6 Å². The SMILES string of the molecule is CCNC(c1csc(Br)c1)C1CCOC2(CCOCC2)C1. The molecular weight excluding hydrogens is 350 g/mol. The van der Waals surface area contributed by atoms with Gasteiger partial charge in [0.05, 0.1) is 9.39 Å². The quantitative estimate of drug-likeness (QED) is 0.860. The van der Waals surface area contributed by atoms with Gasteiger partial charge in [0.1, 0.15) is 0 Å². The summed E-state index contributed by atoms with van der Waals surface area (Å²) in [6.07, 6.45) is 4.40. The van der Waals surface area contributed by atoms with E-state index in [1.807, 2.05) is 0 Å². The molecule has 0 aromatic carbocycles. The Morgan fingerprint density at radius 2 is 2.24 bits per heavy atom. The maximum absolute atomic E-state index is 6.19. The van der Waals surface area contributed by atoms with Crippen LogP contribution in [0.15, 0.2) is 15.2 Å². The van der Waals surface area contributed by atoms with Gasteiger partial charge in [0, 0.05) is 25.9 Å². The highest BCUT2D eigenvalue weighted by molar-refractivity contribution is 9.11. The second-order valence-electron chi connectivity index (χ2n) is 6.12. The van der Waals surface area contributed by atoms with Gasteiger partial charge in [-0.25, -0.2) is 0 Å². The third-order valence-electron chi connectivity index (χ3n) is 4.78. The van der Waals surface area contributed by atoms with Crippen LogP contribution in [0.4, 0.5) is 0 Å². The molecule has 2 saturated heterocycles. The first-order valence-electron chi connectivity index (χ1n) is 7.91. The third-order valence-corrected chi connectivity index (χ3v) is 6.30. The summed E-state index contributed by atoms with van der Waals surface area (Å²) in [5.74, 6) is 0.651. The fourth-order valence-electron chi connectivity index (χ4n) is 3.71. The van der Waals surface area contributed by atoms with Crippen molar-refractivity contribution < 1.29 is 9.47 Å². The van der Waals surface area contributed by atoms with E-state index in [-0.39, 0.29) is 5.60 Å². The summed E-state index contributed by atoms with van der Waals surface area (Å²) in [6, 6.07) is 2.71. The van der Waals surface area contributed by atoms with Crippen LogP contribution in [0.3, 0.4) is 0 Å². The minimum atomic E-state index is 0.0715. The highest BCUT2D eigenvalue weighted by Gasteiger charge is 2.41. The molecular formula is C16H24BrNO2S. The molecule has 1 N–H and O–H groups in total. The van der Waals surface area contributed by atoms with Crippen molar-refractivity contribution in [3.8, 4) is 0 Å². The zero-order valence-corrected chi connectivity index (χ0v) is 15.0. The molecule has 2 aliphatic rings. The summed E-state index contributed by atoms with van der Waals surface area (Å²) in [7, 11) is 0. The van der Waals surface area contributed by atoms with Crippen molar-refractivity contribution in [2.24, 2.45) is 5.92 Å². The molecule has 1 aromatic heterocycles. The van der Waals surface area contributed by atoms with Crippen LogP contribution < -0.4 is 5.32 Å². The summed E-state index contributed by atoms with van der Waals surface area (Å²) in [4.78, 5) is 0. The first-order chi connectivity index (χ1) is 10.2. The van der Waals surface area contributed by atoms with E-state index < -0.39 is 0 Å². The number of nitrogens with one attached hydrogen (secondary N) is 1. The molecule has 1 spiro atoms. The third kappa shape index (κ3) is 3.70. The normalized spacial score (nSPS) is 26.9. The van der Waals surface area contributed by atoms with Crippen LogP contribution in [0.25, 0.3) is 0 Å². The fourth-order valence-corrected chi connectivity index (χ4v) is 4.92. The van der Waals surface area contributed by atoms with E-state index >= 15 is 0 Å². The van der Waals surface area contributed by atoms with Crippen LogP contribution in [0.2, 0.25) is 0 Å². The fraction of sp³-hybridized carbons (Fsp3) is 0.750. The minimum absolute atomic E-state index is 0.0715. The molecule has 0 radical (unpaired) electrons. The Labute approximate surface area is 139 Å². The van der Waals surface area contributed by atoms with Gasteiger partial charge >= 0.3 is 0 Å². The summed E-state index contributed by atoms with van der Waals surface area (Å²) >= 11 is 5.37. The van der Waals surface area contributed by atoms with Crippen molar-refractivity contribution in [3.63, 3.8) is 0 Å². The van der Waals surface area contributed by atoms with E-state index in [9.17, 15) is 0 Å². The molecule has 0 amide bonds. The molecule has 1 aromatic rings. The van der Waals surface area contributed by atoms with Gasteiger partial charge in [-0.15, -0.1) is 11.3 Å². The zero-order chi connectivity index (χ0) is 14.7. The molecule has 0 aliphatic carbocycles. The lowest BCUT2D eigenvalue weighted by Gasteiger charge is -2.45. The van der Waals surface area contributed by atoms with E-state index in [1.165, 1.54) is 9.35 Å². The first kappa shape index (κ1) is 15.9. The van der Waals surface area contributed by atoms with Crippen molar-refractivity contribution in [3.05, 3.63) is 20.8 Å². The molecule has 118 valence electrons. The number of ether oxygens (including phenoxy) is 2. The van der Waals surface area contributed by atoms with Gasteiger partial charge in [-0.05, 0) is 71.1 Å². The molecule has 2 unspecified atom stereocenters. The molecule has 3 heterocycles. The van der Waals surface area contributed by atoms with Gasteiger partial charge in [0.25, 0.3) is 0 Å². The maximum atomic E-state index is 6.19. The van der Waals surface area contributed by atoms with Gasteiger partial charge in [-0.3, -0.25) is 0 Å². The standard InChI is InChI=1S/C16H24BrNO2S/c1-2-18-15(13-9-14(17)21-11-13)12-3-6-20-16(10-12)4-7-19-8-5-16/h9,11-12,15,18H,2-8,10H2,1H3. The largest absolute Gasteiger partial charge is 0.381 e. The highest BCUT2D eigenvalue weighted by atomic mass is 79.9. The lowest BCUT2D eigenvalue weighted by molar-refractivity contribution is -0.150. The number of hydrogen-bond donors (Lipinski definition) is 1. The van der Waals surface area contributed by atoms with Crippen LogP contribution in [-0.4, -0.2) is 32.0 Å². The van der Waals surface area contributed by atoms with Crippen LogP contribution in [0, 0.1) is 5.92 Å². The van der Waals surface area contributed by atoms with Gasteiger partial charge in [0.2, 0.25) is 0 Å². The van der Waals surface area contributed by atoms with Crippen molar-refractivity contribution >= 4 is 27.3 Å². The number of thiophene rings is 1. The maximum Gasteiger partial charge on any atom is 0.0729 e. The molecule has 0 saturated carbocycles. The number of halogens is 1. The van der Waals surface area contributed by atoms with Crippen LogP contribution in [0.1, 0.15) is 44.2 Å². The van der Waals surface area contributed by atoms with Crippen molar-refractivity contribution in [1.82, 2.24) is 5.32 Å². The highest BCUT2D eigenvalue weighted by Crippen LogP contribution is 2.42. The van der Waals surface area contributed by atoms with E-state index in [0.29, 0.717) is 12.0 Å². The predicted octanol–water partition coefficient (Wildman–Crippen LogP) is 4.14. The van der Waals surface area contributed by atoms with Crippen LogP contribution >= 0.6 is 27.3 Å². The van der Waals surface area contributed by atoms with Crippen LogP contribution in [0.5, 0.6) is 0 Å². The monoisotopic (exact) mass is 373 g/mol. The summed E-state index contributed by atoms with van der Waals surface area (Å²) in [6.45, 7) is 5.78. The lowest BCUT2D eigenvalue weighted by Crippen LogP contribution is -2.46. The summed E-state index contributed by atoms with van der Waals surface area (Å²) in [5.41, 5.74) is 1.49. The Bertz CT molecular complexity index is 453. The van der Waals surface area contributed by atoms with Crippen molar-refractivity contribution in [1.29, 1.82) is 0 Å². The Balaban J connectivity index is 1.75. The smallest absolute Gasteiger partial charge is 0.0729 e. The second kappa shape index (κ2) is 7.09. The zero-order valence-electron chi connectivity index (χ0n) is 12.6. The topological polar surface area (TPSA) is 30.5 Å². The number of rotatable bonds is 4. The Hall–Kier alpha value is 0.0600. The average molecular weight is 374 g/mol. The lowest BCUT2D eigenvalue weighted by atomic mass is 9.76. The van der Waals surface area contributed by atoms with E-state index in [1.54, 1.807) is 11.3 Å². The second-order valence-corrected chi connectivity index (χ2v) is 8.41. The molecule has 5 heteroatoms. The van der Waals surface area contributed by atoms with Crippen molar-refractivity contribution in [2.45, 2.75) is 44.2 Å². The summed E-state index contributed by atoms with van der Waals surface area (Å²) in [5, 5.41) is 5.98. The minimum Gasteiger partial charge on any atom is -0.381 e. The van der Waals surface area contributed by atoms with Gasteiger partial charge in [0.15, 0.2) is 0 Å². The molecule has 2 aliphatic heterocycles. The van der Waals surface area contributed by atoms with Crippen molar-refractivity contribution in [2.75, 3.05) is 26.4 Å². The Kier molecular flexibility index (Phi) is 5.38. The van der Waals surface area contributed by atoms with E-state index in [4.69, 9.17) is 9.47 Å². The molecule has 21 heavy (non-hydrogen) atoms. The van der Waals surface area contributed by atoms with Gasteiger partial charge < -0.3 is 14.8 Å². The Morgan fingerprint density at radius 1 is 1.43 bits per heavy atom. The molecule has 0 bridgehead atoms. The Morgan fingerprint density at radius 3 is 2.90 bits per heavy atom. The summed E-state index contributed by atoms with van der Waals surface area (Å²) < 4.78 is 12.9. The van der Waals surface area contributed by atoms with Gasteiger partial charge in [-0.2, -0.15) is 0 Å². The van der Waals surface area contributed by atoms with Gasteiger partial charge in [-0.1, -0.05) is 6.92 Å². The molecule has 2 atom stereocenters. The average Bonchev–Trinajstić information content (AvgIpc) is 2.92.